The van der Waals surface area contributed by atoms with E-state index in [0.29, 0.717) is 5.92 Å². The smallest absolute Gasteiger partial charge is 0.239 e. The second kappa shape index (κ2) is 6.14. The van der Waals surface area contributed by atoms with E-state index in [2.05, 4.69) is 10.1 Å². The van der Waals surface area contributed by atoms with Gasteiger partial charge in [-0.05, 0) is 24.7 Å². The Morgan fingerprint density at radius 2 is 2.32 bits per heavy atom. The molecule has 0 radical (unpaired) electrons. The van der Waals surface area contributed by atoms with E-state index in [0.717, 1.165) is 32.5 Å². The number of rotatable bonds is 4. The lowest BCUT2D eigenvalue weighted by Crippen LogP contribution is -2.50. The summed E-state index contributed by atoms with van der Waals surface area (Å²) in [6.07, 6.45) is 5.43. The van der Waals surface area contributed by atoms with Crippen molar-refractivity contribution >= 4 is 5.91 Å². The van der Waals surface area contributed by atoms with Crippen molar-refractivity contribution in [3.63, 3.8) is 0 Å². The van der Waals surface area contributed by atoms with Crippen molar-refractivity contribution in [2.45, 2.75) is 39.3 Å². The topological polar surface area (TPSA) is 77.0 Å². The Morgan fingerprint density at radius 1 is 1.53 bits per heavy atom. The largest absolute Gasteiger partial charge is 0.341 e. The van der Waals surface area contributed by atoms with Crippen LogP contribution in [-0.2, 0) is 11.3 Å². The molecular formula is C13H23N5O. The van der Waals surface area contributed by atoms with Crippen LogP contribution >= 0.6 is 0 Å². The second-order valence-corrected chi connectivity index (χ2v) is 5.68. The number of aromatic nitrogens is 3. The first-order valence-electron chi connectivity index (χ1n) is 6.94. The van der Waals surface area contributed by atoms with Gasteiger partial charge in [0.1, 0.15) is 12.7 Å². The van der Waals surface area contributed by atoms with Gasteiger partial charge < -0.3 is 10.6 Å². The first-order chi connectivity index (χ1) is 9.08. The molecule has 106 valence electrons. The van der Waals surface area contributed by atoms with E-state index in [9.17, 15) is 4.79 Å². The first kappa shape index (κ1) is 14.0. The summed E-state index contributed by atoms with van der Waals surface area (Å²) in [5.41, 5.74) is 5.95. The van der Waals surface area contributed by atoms with Crippen LogP contribution in [0.5, 0.6) is 0 Å². The minimum absolute atomic E-state index is 0.0818. The fraction of sp³-hybridized carbons (Fsp3) is 0.769. The number of carbonyl (C=O) groups excluding carboxylic acids is 1. The lowest BCUT2D eigenvalue weighted by Gasteiger charge is -2.34. The minimum Gasteiger partial charge on any atom is -0.341 e. The van der Waals surface area contributed by atoms with Crippen LogP contribution in [0.3, 0.4) is 0 Å². The van der Waals surface area contributed by atoms with Crippen LogP contribution in [0.1, 0.15) is 26.7 Å². The van der Waals surface area contributed by atoms with Crippen LogP contribution in [0.25, 0.3) is 0 Å². The molecule has 1 saturated heterocycles. The molecule has 6 nitrogen and oxygen atoms in total. The fourth-order valence-corrected chi connectivity index (χ4v) is 2.50. The lowest BCUT2D eigenvalue weighted by molar-refractivity contribution is -0.135. The Kier molecular flexibility index (Phi) is 4.52. The van der Waals surface area contributed by atoms with Gasteiger partial charge in [-0.2, -0.15) is 5.10 Å². The van der Waals surface area contributed by atoms with E-state index < -0.39 is 0 Å². The maximum absolute atomic E-state index is 12.3. The average molecular weight is 265 g/mol. The summed E-state index contributed by atoms with van der Waals surface area (Å²) in [5.74, 6) is 0.709. The number of piperidine rings is 1. The molecule has 2 N–H and O–H groups in total. The Morgan fingerprint density at radius 3 is 2.95 bits per heavy atom. The molecular weight excluding hydrogens is 242 g/mol. The Balaban J connectivity index is 1.91. The Labute approximate surface area is 114 Å². The van der Waals surface area contributed by atoms with Crippen LogP contribution in [-0.4, -0.2) is 44.7 Å². The predicted molar refractivity (Wildman–Crippen MR) is 72.1 cm³/mol. The van der Waals surface area contributed by atoms with Crippen molar-refractivity contribution in [1.82, 2.24) is 19.7 Å². The summed E-state index contributed by atoms with van der Waals surface area (Å²) in [6.45, 7) is 6.39. The molecule has 1 aliphatic rings. The molecule has 1 fully saturated rings. The molecule has 0 aromatic carbocycles. The molecule has 0 spiro atoms. The van der Waals surface area contributed by atoms with E-state index in [1.54, 1.807) is 12.7 Å². The maximum atomic E-state index is 12.3. The summed E-state index contributed by atoms with van der Waals surface area (Å²) in [6, 6.07) is -0.384. The van der Waals surface area contributed by atoms with Crippen molar-refractivity contribution < 1.29 is 4.79 Å². The van der Waals surface area contributed by atoms with Gasteiger partial charge in [0.2, 0.25) is 5.91 Å². The predicted octanol–water partition coefficient (Wildman–Crippen LogP) is 0.500. The Bertz CT molecular complexity index is 403. The van der Waals surface area contributed by atoms with Gasteiger partial charge >= 0.3 is 0 Å². The van der Waals surface area contributed by atoms with Crippen LogP contribution in [0.2, 0.25) is 0 Å². The number of nitrogens with two attached hydrogens (primary N) is 1. The van der Waals surface area contributed by atoms with Crippen LogP contribution < -0.4 is 5.73 Å². The molecule has 6 heteroatoms. The fourth-order valence-electron chi connectivity index (χ4n) is 2.50. The van der Waals surface area contributed by atoms with E-state index in [4.69, 9.17) is 5.73 Å². The van der Waals surface area contributed by atoms with Crippen LogP contribution in [0.15, 0.2) is 12.7 Å². The van der Waals surface area contributed by atoms with Crippen LogP contribution in [0, 0.1) is 11.8 Å². The molecule has 0 aliphatic carbocycles. The third kappa shape index (κ3) is 3.53. The number of carbonyl (C=O) groups is 1. The van der Waals surface area contributed by atoms with Gasteiger partial charge in [-0.1, -0.05) is 13.8 Å². The molecule has 1 aromatic rings. The van der Waals surface area contributed by atoms with Gasteiger partial charge in [-0.15, -0.1) is 0 Å². The number of hydrogen-bond donors (Lipinski definition) is 1. The zero-order valence-corrected chi connectivity index (χ0v) is 11.7. The number of likely N-dealkylation sites (tertiary alicyclic amines) is 1. The second-order valence-electron chi connectivity index (χ2n) is 5.68. The maximum Gasteiger partial charge on any atom is 0.239 e. The Hall–Kier alpha value is -1.43. The molecule has 1 unspecified atom stereocenters. The van der Waals surface area contributed by atoms with Gasteiger partial charge in [0.05, 0.1) is 6.04 Å². The van der Waals surface area contributed by atoms with Crippen LogP contribution in [0.4, 0.5) is 0 Å². The standard InChI is InChI=1S/C13H23N5O/c1-10(2)12(14)13(19)17-5-3-4-11(6-17)7-18-9-15-8-16-18/h8-12H,3-7,14H2,1-2H3/t11?,12-/m0/s1. The van der Waals surface area contributed by atoms with Gasteiger partial charge in [0.15, 0.2) is 0 Å². The highest BCUT2D eigenvalue weighted by Gasteiger charge is 2.28. The number of amides is 1. The molecule has 2 atom stereocenters. The average Bonchev–Trinajstić information content (AvgIpc) is 2.90. The van der Waals surface area contributed by atoms with Gasteiger partial charge in [-0.3, -0.25) is 9.48 Å². The third-order valence-electron chi connectivity index (χ3n) is 3.75. The zero-order chi connectivity index (χ0) is 13.8. The minimum atomic E-state index is -0.384. The molecule has 19 heavy (non-hydrogen) atoms. The number of hydrogen-bond acceptors (Lipinski definition) is 4. The van der Waals surface area contributed by atoms with E-state index in [-0.39, 0.29) is 17.9 Å². The molecule has 1 aromatic heterocycles. The molecule has 2 heterocycles. The highest BCUT2D eigenvalue weighted by atomic mass is 16.2. The quantitative estimate of drug-likeness (QED) is 0.860. The van der Waals surface area contributed by atoms with Crippen molar-refractivity contribution in [2.75, 3.05) is 13.1 Å². The molecule has 1 aliphatic heterocycles. The number of nitrogens with zero attached hydrogens (tertiary/aromatic N) is 4. The highest BCUT2D eigenvalue weighted by molar-refractivity contribution is 5.82. The summed E-state index contributed by atoms with van der Waals surface area (Å²) in [5, 5.41) is 4.12. The molecule has 0 bridgehead atoms. The van der Waals surface area contributed by atoms with Crippen molar-refractivity contribution in [3.8, 4) is 0 Å². The molecule has 2 rings (SSSR count). The summed E-state index contributed by atoms with van der Waals surface area (Å²) >= 11 is 0. The SMILES string of the molecule is CC(C)[C@H](N)C(=O)N1CCCC(Cn2cncn2)C1. The molecule has 0 saturated carbocycles. The van der Waals surface area contributed by atoms with E-state index in [1.807, 2.05) is 23.4 Å². The summed E-state index contributed by atoms with van der Waals surface area (Å²) in [4.78, 5) is 18.1. The molecule has 1 amide bonds. The van der Waals surface area contributed by atoms with Gasteiger partial charge in [-0.25, -0.2) is 4.98 Å². The normalized spacial score (nSPS) is 21.7. The first-order valence-corrected chi connectivity index (χ1v) is 6.94. The summed E-state index contributed by atoms with van der Waals surface area (Å²) < 4.78 is 1.83. The van der Waals surface area contributed by atoms with Crippen molar-refractivity contribution in [2.24, 2.45) is 17.6 Å². The van der Waals surface area contributed by atoms with Gasteiger partial charge in [0.25, 0.3) is 0 Å². The van der Waals surface area contributed by atoms with Crippen molar-refractivity contribution in [3.05, 3.63) is 12.7 Å². The monoisotopic (exact) mass is 265 g/mol. The zero-order valence-electron chi connectivity index (χ0n) is 11.7. The highest BCUT2D eigenvalue weighted by Crippen LogP contribution is 2.19. The third-order valence-corrected chi connectivity index (χ3v) is 3.75. The van der Waals surface area contributed by atoms with E-state index in [1.165, 1.54) is 0 Å². The van der Waals surface area contributed by atoms with E-state index >= 15 is 0 Å². The lowest BCUT2D eigenvalue weighted by atomic mass is 9.96. The summed E-state index contributed by atoms with van der Waals surface area (Å²) in [7, 11) is 0. The van der Waals surface area contributed by atoms with Gasteiger partial charge in [0, 0.05) is 19.6 Å². The van der Waals surface area contributed by atoms with Crippen molar-refractivity contribution in [1.29, 1.82) is 0 Å².